The second-order valence-electron chi connectivity index (χ2n) is 6.22. The van der Waals surface area contributed by atoms with Crippen LogP contribution in [-0.4, -0.2) is 9.38 Å². The molecule has 2 unspecified atom stereocenters. The molecule has 2 atom stereocenters. The molecule has 0 saturated heterocycles. The number of anilines is 1. The molecule has 3 nitrogen and oxygen atoms in total. The molecule has 1 saturated carbocycles. The molecule has 3 heteroatoms. The molecule has 1 fully saturated rings. The Morgan fingerprint density at radius 1 is 1.26 bits per heavy atom. The Balaban J connectivity index is 2.09. The van der Waals surface area contributed by atoms with E-state index in [1.807, 2.05) is 0 Å². The molecule has 0 amide bonds. The fourth-order valence-electron chi connectivity index (χ4n) is 3.56. The fraction of sp³-hybridized carbons (Fsp3) is 0.562. The number of hydrogen-bond acceptors (Lipinski definition) is 2. The third kappa shape index (κ3) is 2.11. The highest BCUT2D eigenvalue weighted by Gasteiger charge is 2.25. The van der Waals surface area contributed by atoms with E-state index < -0.39 is 0 Å². The first-order valence-electron chi connectivity index (χ1n) is 7.31. The lowest BCUT2D eigenvalue weighted by Gasteiger charge is -2.25. The lowest BCUT2D eigenvalue weighted by Crippen LogP contribution is -2.13. The van der Waals surface area contributed by atoms with Crippen LogP contribution in [-0.2, 0) is 0 Å². The monoisotopic (exact) mass is 257 g/mol. The van der Waals surface area contributed by atoms with Gasteiger partial charge in [-0.2, -0.15) is 0 Å². The summed E-state index contributed by atoms with van der Waals surface area (Å²) >= 11 is 0. The highest BCUT2D eigenvalue weighted by molar-refractivity contribution is 5.56. The first-order chi connectivity index (χ1) is 9.06. The van der Waals surface area contributed by atoms with Crippen LogP contribution in [0.1, 0.15) is 55.5 Å². The average Bonchev–Trinajstić information content (AvgIpc) is 2.66. The smallest absolute Gasteiger partial charge is 0.139 e. The SMILES string of the molecule is Cc1cc(C)n2c(N)c(C3CCCC(C)C3)nc2c1. The second kappa shape index (κ2) is 4.55. The van der Waals surface area contributed by atoms with Crippen molar-refractivity contribution in [3.05, 3.63) is 29.1 Å². The largest absolute Gasteiger partial charge is 0.383 e. The summed E-state index contributed by atoms with van der Waals surface area (Å²) in [6.07, 6.45) is 5.11. The minimum atomic E-state index is 0.545. The summed E-state index contributed by atoms with van der Waals surface area (Å²) in [6.45, 7) is 6.55. The molecule has 2 aromatic heterocycles. The number of pyridine rings is 1. The Bertz CT molecular complexity index is 612. The maximum absolute atomic E-state index is 6.37. The van der Waals surface area contributed by atoms with Gasteiger partial charge in [-0.3, -0.25) is 4.40 Å². The third-order valence-electron chi connectivity index (χ3n) is 4.44. The summed E-state index contributed by atoms with van der Waals surface area (Å²) in [5.41, 5.74) is 10.9. The molecule has 1 aliphatic carbocycles. The first-order valence-corrected chi connectivity index (χ1v) is 7.31. The quantitative estimate of drug-likeness (QED) is 0.843. The highest BCUT2D eigenvalue weighted by Crippen LogP contribution is 2.38. The number of aromatic nitrogens is 2. The van der Waals surface area contributed by atoms with Gasteiger partial charge in [-0.25, -0.2) is 4.98 Å². The van der Waals surface area contributed by atoms with E-state index in [1.165, 1.54) is 36.9 Å². The molecule has 2 N–H and O–H groups in total. The van der Waals surface area contributed by atoms with Gasteiger partial charge in [0.25, 0.3) is 0 Å². The van der Waals surface area contributed by atoms with Crippen molar-refractivity contribution >= 4 is 11.5 Å². The number of fused-ring (bicyclic) bond motifs is 1. The van der Waals surface area contributed by atoms with Crippen LogP contribution in [0.25, 0.3) is 5.65 Å². The minimum Gasteiger partial charge on any atom is -0.383 e. The summed E-state index contributed by atoms with van der Waals surface area (Å²) in [5, 5.41) is 0. The van der Waals surface area contributed by atoms with Gasteiger partial charge in [0.2, 0.25) is 0 Å². The van der Waals surface area contributed by atoms with Gasteiger partial charge in [0.05, 0.1) is 5.69 Å². The number of aryl methyl sites for hydroxylation is 2. The van der Waals surface area contributed by atoms with Crippen LogP contribution < -0.4 is 5.73 Å². The number of rotatable bonds is 1. The van der Waals surface area contributed by atoms with E-state index in [0.29, 0.717) is 5.92 Å². The van der Waals surface area contributed by atoms with Crippen molar-refractivity contribution in [3.8, 4) is 0 Å². The van der Waals surface area contributed by atoms with E-state index in [-0.39, 0.29) is 0 Å². The van der Waals surface area contributed by atoms with Crippen molar-refractivity contribution < 1.29 is 0 Å². The summed E-state index contributed by atoms with van der Waals surface area (Å²) in [4.78, 5) is 4.83. The molecule has 0 spiro atoms. The van der Waals surface area contributed by atoms with Gasteiger partial charge in [-0.15, -0.1) is 0 Å². The minimum absolute atomic E-state index is 0.545. The number of imidazole rings is 1. The van der Waals surface area contributed by atoms with Gasteiger partial charge < -0.3 is 5.73 Å². The van der Waals surface area contributed by atoms with Crippen LogP contribution in [0.4, 0.5) is 5.82 Å². The van der Waals surface area contributed by atoms with Crippen molar-refractivity contribution in [2.24, 2.45) is 5.92 Å². The van der Waals surface area contributed by atoms with Crippen molar-refractivity contribution in [2.45, 2.75) is 52.4 Å². The predicted molar refractivity (Wildman–Crippen MR) is 79.5 cm³/mol. The van der Waals surface area contributed by atoms with Crippen molar-refractivity contribution in [1.29, 1.82) is 0 Å². The van der Waals surface area contributed by atoms with Gasteiger partial charge in [-0.1, -0.05) is 19.8 Å². The topological polar surface area (TPSA) is 43.3 Å². The highest BCUT2D eigenvalue weighted by atomic mass is 15.1. The van der Waals surface area contributed by atoms with Gasteiger partial charge >= 0.3 is 0 Å². The van der Waals surface area contributed by atoms with Crippen molar-refractivity contribution in [1.82, 2.24) is 9.38 Å². The Hall–Kier alpha value is -1.51. The summed E-state index contributed by atoms with van der Waals surface area (Å²) < 4.78 is 2.10. The number of nitrogens with two attached hydrogens (primary N) is 1. The third-order valence-corrected chi connectivity index (χ3v) is 4.44. The Morgan fingerprint density at radius 3 is 2.79 bits per heavy atom. The lowest BCUT2D eigenvalue weighted by atomic mass is 9.81. The molecule has 0 bridgehead atoms. The van der Waals surface area contributed by atoms with E-state index in [1.54, 1.807) is 0 Å². The van der Waals surface area contributed by atoms with E-state index in [9.17, 15) is 0 Å². The molecule has 0 aromatic carbocycles. The van der Waals surface area contributed by atoms with Crippen LogP contribution in [0.3, 0.4) is 0 Å². The summed E-state index contributed by atoms with van der Waals surface area (Å²) in [5.74, 6) is 2.20. The maximum atomic E-state index is 6.37. The van der Waals surface area contributed by atoms with Gasteiger partial charge in [0, 0.05) is 11.6 Å². The van der Waals surface area contributed by atoms with E-state index in [2.05, 4.69) is 37.3 Å². The molecule has 2 aromatic rings. The molecule has 2 heterocycles. The van der Waals surface area contributed by atoms with Gasteiger partial charge in [0.1, 0.15) is 11.5 Å². The molecule has 19 heavy (non-hydrogen) atoms. The summed E-state index contributed by atoms with van der Waals surface area (Å²) in [6, 6.07) is 4.29. The Labute approximate surface area is 114 Å². The predicted octanol–water partition coefficient (Wildman–Crippen LogP) is 3.83. The summed E-state index contributed by atoms with van der Waals surface area (Å²) in [7, 11) is 0. The Kier molecular flexibility index (Phi) is 3.00. The van der Waals surface area contributed by atoms with E-state index in [4.69, 9.17) is 10.7 Å². The zero-order chi connectivity index (χ0) is 13.6. The zero-order valence-corrected chi connectivity index (χ0v) is 12.1. The molecular formula is C16H23N3. The average molecular weight is 257 g/mol. The normalized spacial score (nSPS) is 23.9. The molecule has 0 aliphatic heterocycles. The van der Waals surface area contributed by atoms with Gasteiger partial charge in [-0.05, 0) is 50.3 Å². The molecule has 3 rings (SSSR count). The molecule has 0 radical (unpaired) electrons. The second-order valence-corrected chi connectivity index (χ2v) is 6.22. The number of nitrogen functional groups attached to an aromatic ring is 1. The molecule has 102 valence electrons. The first kappa shape index (κ1) is 12.5. The number of nitrogens with zero attached hydrogens (tertiary/aromatic N) is 2. The van der Waals surface area contributed by atoms with Crippen LogP contribution in [0.5, 0.6) is 0 Å². The standard InChI is InChI=1S/C16H23N3/c1-10-5-4-6-13(8-10)15-16(17)19-12(3)7-11(2)9-14(19)18-15/h7,9-10,13H,4-6,8,17H2,1-3H3. The van der Waals surface area contributed by atoms with Crippen molar-refractivity contribution in [2.75, 3.05) is 5.73 Å². The maximum Gasteiger partial charge on any atom is 0.139 e. The van der Waals surface area contributed by atoms with Crippen LogP contribution in [0.2, 0.25) is 0 Å². The van der Waals surface area contributed by atoms with Crippen molar-refractivity contribution in [3.63, 3.8) is 0 Å². The Morgan fingerprint density at radius 2 is 2.05 bits per heavy atom. The van der Waals surface area contributed by atoms with Gasteiger partial charge in [0.15, 0.2) is 0 Å². The fourth-order valence-corrected chi connectivity index (χ4v) is 3.56. The number of hydrogen-bond donors (Lipinski definition) is 1. The van der Waals surface area contributed by atoms with Crippen LogP contribution >= 0.6 is 0 Å². The lowest BCUT2D eigenvalue weighted by molar-refractivity contribution is 0.341. The molecule has 1 aliphatic rings. The molecular weight excluding hydrogens is 234 g/mol. The zero-order valence-electron chi connectivity index (χ0n) is 12.1. The van der Waals surface area contributed by atoms with E-state index >= 15 is 0 Å². The van der Waals surface area contributed by atoms with Crippen LogP contribution in [0.15, 0.2) is 12.1 Å². The van der Waals surface area contributed by atoms with Crippen LogP contribution in [0, 0.1) is 19.8 Å². The van der Waals surface area contributed by atoms with E-state index in [0.717, 1.165) is 23.1 Å².